The average molecular weight is 265 g/mol. The molecule has 1 heterocycles. The Labute approximate surface area is 104 Å². The van der Waals surface area contributed by atoms with Crippen LogP contribution in [-0.4, -0.2) is 69.5 Å². The van der Waals surface area contributed by atoms with E-state index in [0.29, 0.717) is 19.7 Å². The summed E-state index contributed by atoms with van der Waals surface area (Å²) in [7, 11) is -0.196. The zero-order chi connectivity index (χ0) is 13.1. The molecule has 1 aliphatic heterocycles. The molecule has 0 aliphatic carbocycles. The van der Waals surface area contributed by atoms with Crippen molar-refractivity contribution in [1.82, 2.24) is 13.9 Å². The number of nitrogens with one attached hydrogen (secondary N) is 1. The van der Waals surface area contributed by atoms with E-state index in [4.69, 9.17) is 4.74 Å². The topological polar surface area (TPSA) is 61.9 Å². The van der Waals surface area contributed by atoms with E-state index in [2.05, 4.69) is 5.32 Å². The van der Waals surface area contributed by atoms with Crippen LogP contribution in [0, 0.1) is 0 Å². The minimum atomic E-state index is -3.38. The van der Waals surface area contributed by atoms with Crippen LogP contribution in [0.4, 0.5) is 0 Å². The molecule has 17 heavy (non-hydrogen) atoms. The molecule has 0 amide bonds. The Morgan fingerprint density at radius 2 is 2.06 bits per heavy atom. The SMILES string of the molecule is CC(C)N(C)S(=O)(=O)N(C)CC1CNCCO1. The van der Waals surface area contributed by atoms with Crippen molar-refractivity contribution < 1.29 is 13.2 Å². The summed E-state index contributed by atoms with van der Waals surface area (Å²) in [6.45, 7) is 6.25. The summed E-state index contributed by atoms with van der Waals surface area (Å²) in [5.74, 6) is 0. The first kappa shape index (κ1) is 14.8. The lowest BCUT2D eigenvalue weighted by Crippen LogP contribution is -2.49. The van der Waals surface area contributed by atoms with Crippen molar-refractivity contribution in [2.45, 2.75) is 26.0 Å². The predicted octanol–water partition coefficient (Wildman–Crippen LogP) is -0.508. The Morgan fingerprint density at radius 3 is 2.53 bits per heavy atom. The Bertz CT molecular complexity index is 326. The number of likely N-dealkylation sites (N-methyl/N-ethyl adjacent to an activating group) is 1. The van der Waals surface area contributed by atoms with Crippen LogP contribution in [0.2, 0.25) is 0 Å². The normalized spacial score (nSPS) is 22.6. The molecular formula is C10H23N3O3S. The molecule has 0 radical (unpaired) electrons. The summed E-state index contributed by atoms with van der Waals surface area (Å²) in [4.78, 5) is 0. The summed E-state index contributed by atoms with van der Waals surface area (Å²) in [5.41, 5.74) is 0. The fourth-order valence-corrected chi connectivity index (χ4v) is 2.93. The van der Waals surface area contributed by atoms with Gasteiger partial charge in [-0.05, 0) is 13.8 Å². The quantitative estimate of drug-likeness (QED) is 0.727. The zero-order valence-electron chi connectivity index (χ0n) is 11.0. The van der Waals surface area contributed by atoms with Crippen LogP contribution in [0.5, 0.6) is 0 Å². The van der Waals surface area contributed by atoms with Crippen molar-refractivity contribution in [2.75, 3.05) is 40.3 Å². The third-order valence-corrected chi connectivity index (χ3v) is 5.04. The second kappa shape index (κ2) is 6.10. The second-order valence-corrected chi connectivity index (χ2v) is 6.69. The molecule has 0 spiro atoms. The number of ether oxygens (including phenoxy) is 1. The maximum atomic E-state index is 12.1. The Kier molecular flexibility index (Phi) is 5.33. The van der Waals surface area contributed by atoms with Gasteiger partial charge in [-0.25, -0.2) is 0 Å². The third-order valence-electron chi connectivity index (χ3n) is 2.95. The van der Waals surface area contributed by atoms with Crippen molar-refractivity contribution in [3.63, 3.8) is 0 Å². The number of morpholine rings is 1. The summed E-state index contributed by atoms with van der Waals surface area (Å²) < 4.78 is 32.5. The Morgan fingerprint density at radius 1 is 1.41 bits per heavy atom. The zero-order valence-corrected chi connectivity index (χ0v) is 11.8. The summed E-state index contributed by atoms with van der Waals surface area (Å²) in [6, 6.07) is -0.0483. The van der Waals surface area contributed by atoms with E-state index in [-0.39, 0.29) is 12.1 Å². The van der Waals surface area contributed by atoms with Gasteiger partial charge in [-0.3, -0.25) is 0 Å². The van der Waals surface area contributed by atoms with Gasteiger partial charge in [-0.2, -0.15) is 17.0 Å². The summed E-state index contributed by atoms with van der Waals surface area (Å²) in [5, 5.41) is 3.18. The Hall–Kier alpha value is -0.210. The lowest BCUT2D eigenvalue weighted by atomic mass is 10.3. The van der Waals surface area contributed by atoms with E-state index in [1.165, 1.54) is 8.61 Å². The van der Waals surface area contributed by atoms with Crippen LogP contribution in [0.1, 0.15) is 13.8 Å². The standard InChI is InChI=1S/C10H23N3O3S/c1-9(2)13(4)17(14,15)12(3)8-10-7-11-5-6-16-10/h9-11H,5-8H2,1-4H3. The van der Waals surface area contributed by atoms with Crippen LogP contribution in [-0.2, 0) is 14.9 Å². The van der Waals surface area contributed by atoms with Crippen molar-refractivity contribution in [1.29, 1.82) is 0 Å². The maximum Gasteiger partial charge on any atom is 0.281 e. The van der Waals surface area contributed by atoms with Gasteiger partial charge in [0.2, 0.25) is 0 Å². The largest absolute Gasteiger partial charge is 0.374 e. The van der Waals surface area contributed by atoms with Gasteiger partial charge in [0.15, 0.2) is 0 Å². The minimum absolute atomic E-state index is 0.0483. The van der Waals surface area contributed by atoms with Crippen LogP contribution in [0.25, 0.3) is 0 Å². The monoisotopic (exact) mass is 265 g/mol. The third kappa shape index (κ3) is 3.89. The fraction of sp³-hybridized carbons (Fsp3) is 1.00. The molecule has 0 saturated carbocycles. The molecule has 0 aromatic rings. The molecular weight excluding hydrogens is 242 g/mol. The van der Waals surface area contributed by atoms with E-state index in [0.717, 1.165) is 6.54 Å². The Balaban J connectivity index is 2.58. The molecule has 102 valence electrons. The first-order valence-electron chi connectivity index (χ1n) is 5.87. The minimum Gasteiger partial charge on any atom is -0.374 e. The lowest BCUT2D eigenvalue weighted by molar-refractivity contribution is 0.0199. The fourth-order valence-electron chi connectivity index (χ4n) is 1.60. The van der Waals surface area contributed by atoms with Crippen LogP contribution < -0.4 is 5.32 Å². The van der Waals surface area contributed by atoms with Crippen LogP contribution in [0.3, 0.4) is 0 Å². The molecule has 1 saturated heterocycles. The molecule has 1 unspecified atom stereocenters. The highest BCUT2D eigenvalue weighted by Gasteiger charge is 2.28. The van der Waals surface area contributed by atoms with Gasteiger partial charge in [0, 0.05) is 39.8 Å². The first-order chi connectivity index (χ1) is 7.85. The molecule has 6 nitrogen and oxygen atoms in total. The van der Waals surface area contributed by atoms with E-state index in [1.54, 1.807) is 14.1 Å². The van der Waals surface area contributed by atoms with Gasteiger partial charge < -0.3 is 10.1 Å². The first-order valence-corrected chi connectivity index (χ1v) is 7.27. The lowest BCUT2D eigenvalue weighted by Gasteiger charge is -2.31. The van der Waals surface area contributed by atoms with Gasteiger partial charge in [0.25, 0.3) is 10.2 Å². The highest BCUT2D eigenvalue weighted by Crippen LogP contribution is 2.10. The molecule has 1 aliphatic rings. The van der Waals surface area contributed by atoms with E-state index in [9.17, 15) is 8.42 Å². The molecule has 1 atom stereocenters. The predicted molar refractivity (Wildman–Crippen MR) is 67.1 cm³/mol. The average Bonchev–Trinajstić information content (AvgIpc) is 2.29. The smallest absolute Gasteiger partial charge is 0.281 e. The molecule has 0 aromatic heterocycles. The van der Waals surface area contributed by atoms with Crippen LogP contribution in [0.15, 0.2) is 0 Å². The summed E-state index contributed by atoms with van der Waals surface area (Å²) in [6.07, 6.45) is -0.0657. The van der Waals surface area contributed by atoms with Gasteiger partial charge in [0.05, 0.1) is 12.7 Å². The second-order valence-electron chi connectivity index (χ2n) is 4.60. The molecule has 0 bridgehead atoms. The van der Waals surface area contributed by atoms with Gasteiger partial charge >= 0.3 is 0 Å². The highest BCUT2D eigenvalue weighted by atomic mass is 32.2. The number of hydrogen-bond donors (Lipinski definition) is 1. The molecule has 7 heteroatoms. The van der Waals surface area contributed by atoms with Gasteiger partial charge in [0.1, 0.15) is 0 Å². The maximum absolute atomic E-state index is 12.1. The molecule has 1 rings (SSSR count). The van der Waals surface area contributed by atoms with E-state index in [1.807, 2.05) is 13.8 Å². The van der Waals surface area contributed by atoms with Crippen molar-refractivity contribution in [3.05, 3.63) is 0 Å². The van der Waals surface area contributed by atoms with Crippen LogP contribution >= 0.6 is 0 Å². The number of rotatable bonds is 5. The van der Waals surface area contributed by atoms with E-state index < -0.39 is 10.2 Å². The van der Waals surface area contributed by atoms with Gasteiger partial charge in [-0.15, -0.1) is 0 Å². The molecule has 1 fully saturated rings. The highest BCUT2D eigenvalue weighted by molar-refractivity contribution is 7.86. The van der Waals surface area contributed by atoms with Crippen molar-refractivity contribution in [3.8, 4) is 0 Å². The summed E-state index contributed by atoms with van der Waals surface area (Å²) >= 11 is 0. The molecule has 0 aromatic carbocycles. The number of nitrogens with zero attached hydrogens (tertiary/aromatic N) is 2. The van der Waals surface area contributed by atoms with E-state index >= 15 is 0 Å². The van der Waals surface area contributed by atoms with Crippen molar-refractivity contribution >= 4 is 10.2 Å². The van der Waals surface area contributed by atoms with Gasteiger partial charge in [-0.1, -0.05) is 0 Å². The molecule has 1 N–H and O–H groups in total. The van der Waals surface area contributed by atoms with Crippen molar-refractivity contribution in [2.24, 2.45) is 0 Å². The number of hydrogen-bond acceptors (Lipinski definition) is 4.